The highest BCUT2D eigenvalue weighted by Gasteiger charge is 2.41. The highest BCUT2D eigenvalue weighted by molar-refractivity contribution is 4.94. The molecule has 2 saturated heterocycles. The molecule has 3 nitrogen and oxygen atoms in total. The number of hydrogen-bond donors (Lipinski definition) is 1. The second-order valence-corrected chi connectivity index (χ2v) is 4.53. The van der Waals surface area contributed by atoms with Crippen molar-refractivity contribution in [3.63, 3.8) is 0 Å². The Labute approximate surface area is 78.8 Å². The van der Waals surface area contributed by atoms with Crippen molar-refractivity contribution in [2.24, 2.45) is 11.8 Å². The summed E-state index contributed by atoms with van der Waals surface area (Å²) in [6.45, 7) is 3.79. The quantitative estimate of drug-likeness (QED) is 0.687. The minimum Gasteiger partial charge on any atom is -0.379 e. The van der Waals surface area contributed by atoms with Crippen molar-refractivity contribution in [2.75, 3.05) is 26.4 Å². The van der Waals surface area contributed by atoms with Crippen molar-refractivity contribution in [1.29, 1.82) is 0 Å². The molecule has 0 unspecified atom stereocenters. The van der Waals surface area contributed by atoms with E-state index in [-0.39, 0.29) is 0 Å². The van der Waals surface area contributed by atoms with E-state index >= 15 is 0 Å². The fourth-order valence-electron chi connectivity index (χ4n) is 2.29. The van der Waals surface area contributed by atoms with Crippen LogP contribution in [0.3, 0.4) is 0 Å². The molecule has 2 aliphatic heterocycles. The van der Waals surface area contributed by atoms with Crippen LogP contribution in [0.25, 0.3) is 0 Å². The van der Waals surface area contributed by atoms with Gasteiger partial charge in [-0.15, -0.1) is 0 Å². The van der Waals surface area contributed by atoms with Gasteiger partial charge in [0.05, 0.1) is 19.3 Å². The van der Waals surface area contributed by atoms with Crippen LogP contribution in [0.4, 0.5) is 0 Å². The maximum Gasteiger partial charge on any atom is 0.0765 e. The Morgan fingerprint density at radius 3 is 3.08 bits per heavy atom. The molecule has 1 aliphatic carbocycles. The minimum absolute atomic E-state index is 0.424. The Kier molecular flexibility index (Phi) is 2.04. The average Bonchev–Trinajstić information content (AvgIpc) is 2.72. The summed E-state index contributed by atoms with van der Waals surface area (Å²) >= 11 is 0. The molecule has 2 heterocycles. The molecule has 3 heteroatoms. The lowest BCUT2D eigenvalue weighted by Crippen LogP contribution is -2.27. The summed E-state index contributed by atoms with van der Waals surface area (Å²) in [6, 6.07) is 0.573. The Balaban J connectivity index is 1.52. The van der Waals surface area contributed by atoms with Crippen LogP contribution in [0.2, 0.25) is 0 Å². The normalized spacial score (nSPS) is 43.8. The molecule has 3 rings (SSSR count). The smallest absolute Gasteiger partial charge is 0.0765 e. The number of fused-ring (bicyclic) bond motifs is 1. The van der Waals surface area contributed by atoms with Gasteiger partial charge in [-0.05, 0) is 18.8 Å². The first-order chi connectivity index (χ1) is 6.43. The third-order valence-electron chi connectivity index (χ3n) is 3.43. The van der Waals surface area contributed by atoms with Crippen molar-refractivity contribution in [1.82, 2.24) is 5.32 Å². The van der Waals surface area contributed by atoms with Gasteiger partial charge in [0.15, 0.2) is 0 Å². The molecule has 0 aromatic heterocycles. The van der Waals surface area contributed by atoms with Crippen molar-refractivity contribution in [2.45, 2.75) is 25.0 Å². The molecule has 0 radical (unpaired) electrons. The zero-order valence-electron chi connectivity index (χ0n) is 7.87. The molecule has 1 saturated carbocycles. The summed E-state index contributed by atoms with van der Waals surface area (Å²) in [6.07, 6.45) is 3.18. The van der Waals surface area contributed by atoms with E-state index in [4.69, 9.17) is 9.47 Å². The highest BCUT2D eigenvalue weighted by atomic mass is 16.5. The fraction of sp³-hybridized carbons (Fsp3) is 1.00. The van der Waals surface area contributed by atoms with Crippen molar-refractivity contribution in [3.05, 3.63) is 0 Å². The Morgan fingerprint density at radius 2 is 2.23 bits per heavy atom. The molecule has 3 aliphatic rings. The van der Waals surface area contributed by atoms with E-state index in [1.165, 1.54) is 12.8 Å². The number of rotatable bonds is 3. The molecule has 0 aromatic rings. The largest absolute Gasteiger partial charge is 0.379 e. The first-order valence-electron chi connectivity index (χ1n) is 5.36. The van der Waals surface area contributed by atoms with E-state index in [9.17, 15) is 0 Å². The Bertz CT molecular complexity index is 193. The summed E-state index contributed by atoms with van der Waals surface area (Å²) in [5.41, 5.74) is 0. The minimum atomic E-state index is 0.424. The third-order valence-corrected chi connectivity index (χ3v) is 3.43. The molecule has 0 bridgehead atoms. The van der Waals surface area contributed by atoms with Crippen molar-refractivity contribution in [3.8, 4) is 0 Å². The van der Waals surface area contributed by atoms with Gasteiger partial charge in [-0.1, -0.05) is 0 Å². The summed E-state index contributed by atoms with van der Waals surface area (Å²) < 4.78 is 11.3. The van der Waals surface area contributed by atoms with Crippen LogP contribution >= 0.6 is 0 Å². The standard InChI is InChI=1S/C10H17NO2/c1-2-7(1)4-13-10-3-11-9-6-12-5-8(9)10/h7-11H,1-6H2/t8-,9+,10+/m0/s1. The van der Waals surface area contributed by atoms with Gasteiger partial charge in [0.25, 0.3) is 0 Å². The fourth-order valence-corrected chi connectivity index (χ4v) is 2.29. The topological polar surface area (TPSA) is 30.5 Å². The number of ether oxygens (including phenoxy) is 2. The van der Waals surface area contributed by atoms with Crippen LogP contribution in [0.15, 0.2) is 0 Å². The van der Waals surface area contributed by atoms with E-state index in [0.29, 0.717) is 18.1 Å². The van der Waals surface area contributed by atoms with Gasteiger partial charge in [-0.3, -0.25) is 0 Å². The van der Waals surface area contributed by atoms with E-state index in [2.05, 4.69) is 5.32 Å². The van der Waals surface area contributed by atoms with E-state index in [0.717, 1.165) is 32.3 Å². The van der Waals surface area contributed by atoms with Crippen LogP contribution < -0.4 is 5.32 Å². The molecular weight excluding hydrogens is 166 g/mol. The first kappa shape index (κ1) is 8.21. The second kappa shape index (κ2) is 3.23. The lowest BCUT2D eigenvalue weighted by Gasteiger charge is -2.16. The monoisotopic (exact) mass is 183 g/mol. The van der Waals surface area contributed by atoms with Gasteiger partial charge < -0.3 is 14.8 Å². The van der Waals surface area contributed by atoms with Crippen molar-refractivity contribution >= 4 is 0 Å². The Hall–Kier alpha value is -0.120. The second-order valence-electron chi connectivity index (χ2n) is 4.53. The van der Waals surface area contributed by atoms with Crippen LogP contribution in [0.5, 0.6) is 0 Å². The molecule has 0 spiro atoms. The van der Waals surface area contributed by atoms with Crippen molar-refractivity contribution < 1.29 is 9.47 Å². The van der Waals surface area contributed by atoms with E-state index in [1.807, 2.05) is 0 Å². The van der Waals surface area contributed by atoms with Crippen LogP contribution in [0.1, 0.15) is 12.8 Å². The van der Waals surface area contributed by atoms with Gasteiger partial charge >= 0.3 is 0 Å². The SMILES string of the molecule is C1CC1CO[C@@H]1CN[C@@H]2COC[C@@H]21. The zero-order valence-corrected chi connectivity index (χ0v) is 7.87. The lowest BCUT2D eigenvalue weighted by atomic mass is 10.0. The van der Waals surface area contributed by atoms with Gasteiger partial charge in [0.1, 0.15) is 0 Å². The summed E-state index contributed by atoms with van der Waals surface area (Å²) in [5.74, 6) is 1.50. The number of hydrogen-bond acceptors (Lipinski definition) is 3. The summed E-state index contributed by atoms with van der Waals surface area (Å²) in [4.78, 5) is 0. The molecule has 0 aromatic carbocycles. The van der Waals surface area contributed by atoms with Gasteiger partial charge in [-0.25, -0.2) is 0 Å². The summed E-state index contributed by atoms with van der Waals surface area (Å²) in [5, 5.41) is 3.46. The maximum absolute atomic E-state index is 5.90. The predicted molar refractivity (Wildman–Crippen MR) is 48.6 cm³/mol. The van der Waals surface area contributed by atoms with Gasteiger partial charge in [-0.2, -0.15) is 0 Å². The van der Waals surface area contributed by atoms with E-state index < -0.39 is 0 Å². The average molecular weight is 183 g/mol. The van der Waals surface area contributed by atoms with Crippen LogP contribution in [-0.4, -0.2) is 38.5 Å². The number of nitrogens with one attached hydrogen (secondary N) is 1. The van der Waals surface area contributed by atoms with E-state index in [1.54, 1.807) is 0 Å². The van der Waals surface area contributed by atoms with Gasteiger partial charge in [0, 0.05) is 25.1 Å². The predicted octanol–water partition coefficient (Wildman–Crippen LogP) is 0.400. The Morgan fingerprint density at radius 1 is 1.31 bits per heavy atom. The lowest BCUT2D eigenvalue weighted by molar-refractivity contribution is 0.0203. The summed E-state index contributed by atoms with van der Waals surface area (Å²) in [7, 11) is 0. The zero-order chi connectivity index (χ0) is 8.67. The maximum atomic E-state index is 5.90. The molecule has 13 heavy (non-hydrogen) atoms. The van der Waals surface area contributed by atoms with Gasteiger partial charge in [0.2, 0.25) is 0 Å². The molecule has 3 fully saturated rings. The molecule has 1 N–H and O–H groups in total. The molecule has 3 atom stereocenters. The molecule has 74 valence electrons. The van der Waals surface area contributed by atoms with Crippen LogP contribution in [-0.2, 0) is 9.47 Å². The third kappa shape index (κ3) is 1.60. The molecular formula is C10H17NO2. The van der Waals surface area contributed by atoms with Crippen LogP contribution in [0, 0.1) is 11.8 Å². The first-order valence-corrected chi connectivity index (χ1v) is 5.36. The molecule has 0 amide bonds. The highest BCUT2D eigenvalue weighted by Crippen LogP contribution is 2.31.